The van der Waals surface area contributed by atoms with Crippen LogP contribution in [0.4, 0.5) is 17.2 Å². The van der Waals surface area contributed by atoms with Crippen molar-refractivity contribution in [3.8, 4) is 0 Å². The van der Waals surface area contributed by atoms with E-state index in [1.54, 1.807) is 6.07 Å². The molecule has 20 heavy (non-hydrogen) atoms. The molecule has 3 N–H and O–H groups in total. The van der Waals surface area contributed by atoms with Crippen LogP contribution in [0.25, 0.3) is 0 Å². The summed E-state index contributed by atoms with van der Waals surface area (Å²) in [6, 6.07) is 3.63. The van der Waals surface area contributed by atoms with Gasteiger partial charge in [-0.05, 0) is 38.0 Å². The monoisotopic (exact) mass is 312 g/mol. The molecule has 0 bridgehead atoms. The lowest BCUT2D eigenvalue weighted by atomic mass is 10.2. The molecule has 2 aromatic rings. The summed E-state index contributed by atoms with van der Waals surface area (Å²) in [7, 11) is 0. The highest BCUT2D eigenvalue weighted by atomic mass is 35.5. The van der Waals surface area contributed by atoms with Crippen LogP contribution in [-0.4, -0.2) is 9.78 Å². The number of nitrogens with two attached hydrogens (primary N) is 1. The Bertz CT molecular complexity index is 635. The smallest absolute Gasteiger partial charge is 0.152 e. The average molecular weight is 313 g/mol. The zero-order valence-corrected chi connectivity index (χ0v) is 13.3. The molecule has 0 aliphatic heterocycles. The van der Waals surface area contributed by atoms with Gasteiger partial charge in [0.1, 0.15) is 0 Å². The van der Waals surface area contributed by atoms with Gasteiger partial charge in [-0.15, -0.1) is 0 Å². The number of aromatic nitrogens is 2. The van der Waals surface area contributed by atoms with E-state index in [2.05, 4.69) is 17.3 Å². The van der Waals surface area contributed by atoms with Gasteiger partial charge in [0, 0.05) is 11.6 Å². The summed E-state index contributed by atoms with van der Waals surface area (Å²) in [5, 5.41) is 8.93. The highest BCUT2D eigenvalue weighted by Crippen LogP contribution is 2.33. The van der Waals surface area contributed by atoms with E-state index in [1.165, 1.54) is 0 Å². The van der Waals surface area contributed by atoms with E-state index >= 15 is 0 Å². The molecule has 6 heteroatoms. The number of nitrogens with zero attached hydrogens (tertiary/aromatic N) is 2. The quantitative estimate of drug-likeness (QED) is 0.871. The molecule has 4 nitrogen and oxygen atoms in total. The Morgan fingerprint density at radius 2 is 1.95 bits per heavy atom. The Labute approximate surface area is 128 Å². The number of anilines is 3. The van der Waals surface area contributed by atoms with E-state index in [-0.39, 0.29) is 0 Å². The Hall–Kier alpha value is -1.39. The largest absolute Gasteiger partial charge is 0.394 e. The van der Waals surface area contributed by atoms with Crippen LogP contribution in [0.5, 0.6) is 0 Å². The van der Waals surface area contributed by atoms with E-state index in [0.717, 1.165) is 35.7 Å². The SMILES string of the molecule is CCCn1nc(C)c(N)c1Nc1cc(Cl)c(C)cc1Cl. The predicted molar refractivity (Wildman–Crippen MR) is 86.1 cm³/mol. The molecule has 0 spiro atoms. The van der Waals surface area contributed by atoms with Crippen molar-refractivity contribution < 1.29 is 0 Å². The molecule has 0 aliphatic rings. The van der Waals surface area contributed by atoms with Crippen LogP contribution in [0.2, 0.25) is 10.0 Å². The predicted octanol–water partition coefficient (Wildman–Crippen LogP) is 4.54. The van der Waals surface area contributed by atoms with Crippen molar-refractivity contribution in [3.63, 3.8) is 0 Å². The summed E-state index contributed by atoms with van der Waals surface area (Å²) in [5.41, 5.74) is 9.18. The first-order valence-electron chi connectivity index (χ1n) is 6.49. The average Bonchev–Trinajstić information content (AvgIpc) is 2.64. The molecular weight excluding hydrogens is 295 g/mol. The molecule has 108 valence electrons. The molecule has 1 aromatic carbocycles. The van der Waals surface area contributed by atoms with Gasteiger partial charge in [0.2, 0.25) is 0 Å². The lowest BCUT2D eigenvalue weighted by Crippen LogP contribution is -2.06. The Balaban J connectivity index is 2.42. The summed E-state index contributed by atoms with van der Waals surface area (Å²) >= 11 is 12.4. The molecule has 0 amide bonds. The van der Waals surface area contributed by atoms with Gasteiger partial charge >= 0.3 is 0 Å². The fraction of sp³-hybridized carbons (Fsp3) is 0.357. The van der Waals surface area contributed by atoms with Crippen LogP contribution in [0, 0.1) is 13.8 Å². The highest BCUT2D eigenvalue weighted by Gasteiger charge is 2.14. The number of benzene rings is 1. The molecule has 0 atom stereocenters. The van der Waals surface area contributed by atoms with Gasteiger partial charge in [-0.1, -0.05) is 30.1 Å². The van der Waals surface area contributed by atoms with Crippen molar-refractivity contribution in [2.24, 2.45) is 0 Å². The maximum absolute atomic E-state index is 6.25. The third kappa shape index (κ3) is 2.86. The normalized spacial score (nSPS) is 10.8. The Morgan fingerprint density at radius 3 is 2.60 bits per heavy atom. The van der Waals surface area contributed by atoms with Crippen molar-refractivity contribution in [1.29, 1.82) is 0 Å². The van der Waals surface area contributed by atoms with E-state index in [9.17, 15) is 0 Å². The van der Waals surface area contributed by atoms with Crippen molar-refractivity contribution >= 4 is 40.4 Å². The second-order valence-corrected chi connectivity index (χ2v) is 5.59. The molecular formula is C14H18Cl2N4. The van der Waals surface area contributed by atoms with E-state index in [0.29, 0.717) is 15.7 Å². The van der Waals surface area contributed by atoms with Crippen LogP contribution in [0.15, 0.2) is 12.1 Å². The van der Waals surface area contributed by atoms with E-state index < -0.39 is 0 Å². The second kappa shape index (κ2) is 5.94. The summed E-state index contributed by atoms with van der Waals surface area (Å²) in [6.07, 6.45) is 0.970. The maximum atomic E-state index is 6.25. The number of hydrogen-bond acceptors (Lipinski definition) is 3. The second-order valence-electron chi connectivity index (χ2n) is 4.78. The fourth-order valence-electron chi connectivity index (χ4n) is 1.97. The first kappa shape index (κ1) is 15.0. The van der Waals surface area contributed by atoms with Gasteiger partial charge in [-0.25, -0.2) is 4.68 Å². The van der Waals surface area contributed by atoms with Crippen LogP contribution >= 0.6 is 23.2 Å². The number of hydrogen-bond donors (Lipinski definition) is 2. The van der Waals surface area contributed by atoms with Crippen LogP contribution in [0.3, 0.4) is 0 Å². The number of halogens is 2. The van der Waals surface area contributed by atoms with Crippen molar-refractivity contribution in [1.82, 2.24) is 9.78 Å². The van der Waals surface area contributed by atoms with Crippen molar-refractivity contribution in [2.75, 3.05) is 11.1 Å². The minimum Gasteiger partial charge on any atom is -0.394 e. The molecule has 1 aromatic heterocycles. The van der Waals surface area contributed by atoms with Crippen LogP contribution < -0.4 is 11.1 Å². The minimum absolute atomic E-state index is 0.605. The van der Waals surface area contributed by atoms with E-state index in [4.69, 9.17) is 28.9 Å². The van der Waals surface area contributed by atoms with Crippen LogP contribution in [-0.2, 0) is 6.54 Å². The lowest BCUT2D eigenvalue weighted by Gasteiger charge is -2.12. The summed E-state index contributed by atoms with van der Waals surface area (Å²) in [4.78, 5) is 0. The molecule has 1 heterocycles. The van der Waals surface area contributed by atoms with Crippen LogP contribution in [0.1, 0.15) is 24.6 Å². The first-order valence-corrected chi connectivity index (χ1v) is 7.25. The zero-order chi connectivity index (χ0) is 14.9. The Morgan fingerprint density at radius 1 is 1.25 bits per heavy atom. The molecule has 0 radical (unpaired) electrons. The van der Waals surface area contributed by atoms with Gasteiger partial charge < -0.3 is 11.1 Å². The summed E-state index contributed by atoms with van der Waals surface area (Å²) < 4.78 is 1.86. The van der Waals surface area contributed by atoms with E-state index in [1.807, 2.05) is 24.6 Å². The van der Waals surface area contributed by atoms with Gasteiger partial charge in [0.15, 0.2) is 5.82 Å². The Kier molecular flexibility index (Phi) is 4.45. The number of rotatable bonds is 4. The zero-order valence-electron chi connectivity index (χ0n) is 11.8. The number of nitrogens with one attached hydrogen (secondary N) is 1. The van der Waals surface area contributed by atoms with Gasteiger partial charge in [0.25, 0.3) is 0 Å². The summed E-state index contributed by atoms with van der Waals surface area (Å²) in [5.74, 6) is 0.756. The molecule has 0 saturated heterocycles. The molecule has 0 fully saturated rings. The third-order valence-electron chi connectivity index (χ3n) is 3.11. The topological polar surface area (TPSA) is 55.9 Å². The third-order valence-corrected chi connectivity index (χ3v) is 3.83. The van der Waals surface area contributed by atoms with Gasteiger partial charge in [0.05, 0.1) is 22.1 Å². The first-order chi connectivity index (χ1) is 9.43. The summed E-state index contributed by atoms with van der Waals surface area (Å²) in [6.45, 7) is 6.68. The number of nitrogen functional groups attached to an aromatic ring is 1. The lowest BCUT2D eigenvalue weighted by molar-refractivity contribution is 0.605. The van der Waals surface area contributed by atoms with Gasteiger partial charge in [-0.3, -0.25) is 0 Å². The van der Waals surface area contributed by atoms with Gasteiger partial charge in [-0.2, -0.15) is 5.10 Å². The standard InChI is InChI=1S/C14H18Cl2N4/c1-4-5-20-14(13(17)9(3)19-20)18-12-7-10(15)8(2)6-11(12)16/h6-7,18H,4-5,17H2,1-3H3. The minimum atomic E-state index is 0.605. The maximum Gasteiger partial charge on any atom is 0.152 e. The molecule has 0 saturated carbocycles. The van der Waals surface area contributed by atoms with Crippen molar-refractivity contribution in [3.05, 3.63) is 33.4 Å². The molecule has 0 unspecified atom stereocenters. The fourth-order valence-corrected chi connectivity index (χ4v) is 2.40. The molecule has 2 rings (SSSR count). The molecule has 0 aliphatic carbocycles. The highest BCUT2D eigenvalue weighted by molar-refractivity contribution is 6.35. The number of aryl methyl sites for hydroxylation is 3. The van der Waals surface area contributed by atoms with Crippen molar-refractivity contribution in [2.45, 2.75) is 33.7 Å².